The summed E-state index contributed by atoms with van der Waals surface area (Å²) in [4.78, 5) is 0. The molecule has 0 bridgehead atoms. The first kappa shape index (κ1) is 14.5. The molecular weight excluding hydrogens is 234 g/mol. The minimum absolute atomic E-state index is 0.0412. The van der Waals surface area contributed by atoms with E-state index in [0.717, 1.165) is 31.8 Å². The fourth-order valence-electron chi connectivity index (χ4n) is 3.05. The molecule has 1 saturated carbocycles. The summed E-state index contributed by atoms with van der Waals surface area (Å²) in [6.45, 7) is 3.74. The third kappa shape index (κ3) is 4.05. The van der Waals surface area contributed by atoms with Crippen molar-refractivity contribution >= 4 is 0 Å². The van der Waals surface area contributed by atoms with Gasteiger partial charge in [-0.15, -0.1) is 0 Å². The van der Waals surface area contributed by atoms with Crippen molar-refractivity contribution in [2.24, 2.45) is 11.7 Å². The molecule has 0 unspecified atom stereocenters. The van der Waals surface area contributed by atoms with Crippen molar-refractivity contribution in [2.45, 2.75) is 51.0 Å². The third-order valence-corrected chi connectivity index (χ3v) is 4.61. The minimum Gasteiger partial charge on any atom is -0.373 e. The van der Waals surface area contributed by atoms with Crippen molar-refractivity contribution in [1.82, 2.24) is 0 Å². The van der Waals surface area contributed by atoms with Crippen molar-refractivity contribution in [1.29, 1.82) is 0 Å². The topological polar surface area (TPSA) is 35.2 Å². The van der Waals surface area contributed by atoms with E-state index in [-0.39, 0.29) is 5.60 Å². The molecule has 2 rings (SSSR count). The summed E-state index contributed by atoms with van der Waals surface area (Å²) in [5.74, 6) is 0.886. The zero-order valence-electron chi connectivity index (χ0n) is 12.1. The minimum atomic E-state index is -0.0412. The van der Waals surface area contributed by atoms with Gasteiger partial charge in [-0.3, -0.25) is 0 Å². The van der Waals surface area contributed by atoms with Gasteiger partial charge in [0.25, 0.3) is 0 Å². The summed E-state index contributed by atoms with van der Waals surface area (Å²) in [6, 6.07) is 10.5. The molecular formula is C17H27NO. The van der Waals surface area contributed by atoms with E-state index in [1.165, 1.54) is 24.8 Å². The van der Waals surface area contributed by atoms with E-state index in [2.05, 4.69) is 37.3 Å². The number of rotatable bonds is 6. The van der Waals surface area contributed by atoms with Crippen LogP contribution in [0.1, 0.15) is 44.6 Å². The molecule has 2 N–H and O–H groups in total. The lowest BCUT2D eigenvalue weighted by atomic mass is 9.77. The molecule has 0 aromatic heterocycles. The quantitative estimate of drug-likeness (QED) is 0.850. The van der Waals surface area contributed by atoms with Crippen molar-refractivity contribution in [2.75, 3.05) is 13.2 Å². The first-order valence-electron chi connectivity index (χ1n) is 7.66. The first-order chi connectivity index (χ1) is 9.28. The predicted octanol–water partition coefficient (Wildman–Crippen LogP) is 3.54. The standard InChI is InChI=1S/C17H27NO/c1-2-15-8-11-17(14-18,12-9-15)19-13-10-16-6-4-3-5-7-16/h3-7,15H,2,8-14,18H2,1H3. The van der Waals surface area contributed by atoms with Crippen LogP contribution in [0.5, 0.6) is 0 Å². The van der Waals surface area contributed by atoms with Crippen LogP contribution >= 0.6 is 0 Å². The van der Waals surface area contributed by atoms with E-state index in [0.29, 0.717) is 6.54 Å². The van der Waals surface area contributed by atoms with Crippen LogP contribution in [0.2, 0.25) is 0 Å². The second-order valence-corrected chi connectivity index (χ2v) is 5.82. The van der Waals surface area contributed by atoms with Gasteiger partial charge >= 0.3 is 0 Å². The fraction of sp³-hybridized carbons (Fsp3) is 0.647. The molecule has 0 amide bonds. The summed E-state index contributed by atoms with van der Waals surface area (Å²) in [5.41, 5.74) is 7.28. The Balaban J connectivity index is 1.80. The van der Waals surface area contributed by atoms with Crippen molar-refractivity contribution < 1.29 is 4.74 Å². The number of nitrogens with two attached hydrogens (primary N) is 1. The van der Waals surface area contributed by atoms with Gasteiger partial charge in [-0.05, 0) is 43.6 Å². The van der Waals surface area contributed by atoms with E-state index in [9.17, 15) is 0 Å². The molecule has 1 fully saturated rings. The Morgan fingerprint density at radius 2 is 1.89 bits per heavy atom. The Hall–Kier alpha value is -0.860. The molecule has 0 atom stereocenters. The highest BCUT2D eigenvalue weighted by Crippen LogP contribution is 2.35. The van der Waals surface area contributed by atoms with Gasteiger partial charge in [0.1, 0.15) is 0 Å². The molecule has 19 heavy (non-hydrogen) atoms. The zero-order chi connectivity index (χ0) is 13.6. The molecule has 1 aliphatic rings. The summed E-state index contributed by atoms with van der Waals surface area (Å²) < 4.78 is 6.19. The van der Waals surface area contributed by atoms with Gasteiger partial charge in [0.2, 0.25) is 0 Å². The van der Waals surface area contributed by atoms with E-state index in [1.807, 2.05) is 0 Å². The van der Waals surface area contributed by atoms with Gasteiger partial charge in [0.15, 0.2) is 0 Å². The Labute approximate surface area is 117 Å². The number of hydrogen-bond acceptors (Lipinski definition) is 2. The molecule has 2 nitrogen and oxygen atoms in total. The van der Waals surface area contributed by atoms with Gasteiger partial charge < -0.3 is 10.5 Å². The van der Waals surface area contributed by atoms with Crippen LogP contribution in [0.4, 0.5) is 0 Å². The van der Waals surface area contributed by atoms with E-state index >= 15 is 0 Å². The fourth-order valence-corrected chi connectivity index (χ4v) is 3.05. The first-order valence-corrected chi connectivity index (χ1v) is 7.66. The van der Waals surface area contributed by atoms with Gasteiger partial charge in [-0.25, -0.2) is 0 Å². The van der Waals surface area contributed by atoms with Gasteiger partial charge in [0, 0.05) is 6.54 Å². The number of ether oxygens (including phenoxy) is 1. The highest BCUT2D eigenvalue weighted by atomic mass is 16.5. The highest BCUT2D eigenvalue weighted by molar-refractivity contribution is 5.14. The van der Waals surface area contributed by atoms with Crippen LogP contribution in [-0.4, -0.2) is 18.8 Å². The second kappa shape index (κ2) is 7.06. The predicted molar refractivity (Wildman–Crippen MR) is 80.1 cm³/mol. The average Bonchev–Trinajstić information content (AvgIpc) is 2.49. The van der Waals surface area contributed by atoms with Crippen molar-refractivity contribution in [3.8, 4) is 0 Å². The van der Waals surface area contributed by atoms with Gasteiger partial charge in [-0.2, -0.15) is 0 Å². The molecule has 1 aromatic rings. The van der Waals surface area contributed by atoms with Gasteiger partial charge in [0.05, 0.1) is 12.2 Å². The third-order valence-electron chi connectivity index (χ3n) is 4.61. The number of benzene rings is 1. The van der Waals surface area contributed by atoms with Crippen LogP contribution in [0, 0.1) is 5.92 Å². The average molecular weight is 261 g/mol. The SMILES string of the molecule is CCC1CCC(CN)(OCCc2ccccc2)CC1. The molecule has 0 saturated heterocycles. The Bertz CT molecular complexity index is 355. The van der Waals surface area contributed by atoms with E-state index < -0.39 is 0 Å². The van der Waals surface area contributed by atoms with Crippen molar-refractivity contribution in [3.05, 3.63) is 35.9 Å². The van der Waals surface area contributed by atoms with Crippen LogP contribution in [-0.2, 0) is 11.2 Å². The molecule has 1 aromatic carbocycles. The molecule has 1 aliphatic carbocycles. The number of hydrogen-bond donors (Lipinski definition) is 1. The molecule has 106 valence electrons. The van der Waals surface area contributed by atoms with Crippen LogP contribution in [0.3, 0.4) is 0 Å². The summed E-state index contributed by atoms with van der Waals surface area (Å²) in [7, 11) is 0. The summed E-state index contributed by atoms with van der Waals surface area (Å²) in [6.07, 6.45) is 7.11. The smallest absolute Gasteiger partial charge is 0.0804 e. The maximum absolute atomic E-state index is 6.19. The molecule has 0 aliphatic heterocycles. The molecule has 0 heterocycles. The highest BCUT2D eigenvalue weighted by Gasteiger charge is 2.34. The summed E-state index contributed by atoms with van der Waals surface area (Å²) >= 11 is 0. The Morgan fingerprint density at radius 3 is 2.47 bits per heavy atom. The Kier molecular flexibility index (Phi) is 5.41. The van der Waals surface area contributed by atoms with Crippen molar-refractivity contribution in [3.63, 3.8) is 0 Å². The monoisotopic (exact) mass is 261 g/mol. The lowest BCUT2D eigenvalue weighted by Crippen LogP contribution is -2.44. The normalized spacial score (nSPS) is 27.4. The molecule has 0 spiro atoms. The second-order valence-electron chi connectivity index (χ2n) is 5.82. The maximum Gasteiger partial charge on any atom is 0.0804 e. The Morgan fingerprint density at radius 1 is 1.21 bits per heavy atom. The van der Waals surface area contributed by atoms with E-state index in [1.54, 1.807) is 0 Å². The summed E-state index contributed by atoms with van der Waals surface area (Å²) in [5, 5.41) is 0. The molecule has 2 heteroatoms. The maximum atomic E-state index is 6.19. The van der Waals surface area contributed by atoms with Gasteiger partial charge in [-0.1, -0.05) is 43.7 Å². The van der Waals surface area contributed by atoms with Crippen LogP contribution in [0.15, 0.2) is 30.3 Å². The largest absolute Gasteiger partial charge is 0.373 e. The molecule has 0 radical (unpaired) electrons. The lowest BCUT2D eigenvalue weighted by molar-refractivity contribution is -0.0702. The van der Waals surface area contributed by atoms with Crippen LogP contribution in [0.25, 0.3) is 0 Å². The lowest BCUT2D eigenvalue weighted by Gasteiger charge is -2.39. The zero-order valence-corrected chi connectivity index (χ0v) is 12.1. The van der Waals surface area contributed by atoms with Crippen LogP contribution < -0.4 is 5.73 Å². The van der Waals surface area contributed by atoms with E-state index in [4.69, 9.17) is 10.5 Å².